The Labute approximate surface area is 171 Å². The van der Waals surface area contributed by atoms with Gasteiger partial charge in [0.2, 0.25) is 5.78 Å². The molecule has 1 aliphatic rings. The molecule has 0 spiro atoms. The monoisotopic (exact) mass is 505 g/mol. The zero-order chi connectivity index (χ0) is 23.2. The molecule has 21 heteroatoms. The largest absolute Gasteiger partial charge is 0.490 e. The van der Waals surface area contributed by atoms with Crippen molar-refractivity contribution in [3.63, 3.8) is 0 Å². The molecule has 1 saturated heterocycles. The van der Waals surface area contributed by atoms with E-state index in [4.69, 9.17) is 25.2 Å². The van der Waals surface area contributed by atoms with Crippen LogP contribution >= 0.6 is 23.5 Å². The minimum Gasteiger partial charge on any atom is -0.382 e. The maximum Gasteiger partial charge on any atom is 0.490 e. The van der Waals surface area contributed by atoms with E-state index < -0.39 is 54.3 Å². The summed E-state index contributed by atoms with van der Waals surface area (Å²) in [5.41, 5.74) is 5.88. The number of nitrogens with zero attached hydrogens (tertiary/aromatic N) is 4. The van der Waals surface area contributed by atoms with Crippen molar-refractivity contribution in [2.45, 2.75) is 18.4 Å². The molecule has 1 fully saturated rings. The number of ketones is 1. The van der Waals surface area contributed by atoms with Crippen LogP contribution in [0.4, 0.5) is 5.82 Å². The summed E-state index contributed by atoms with van der Waals surface area (Å²) in [5, 5.41) is 10.0. The number of hydrogen-bond donors (Lipinski definition) is 6. The predicted molar refractivity (Wildman–Crippen MR) is 94.5 cm³/mol. The second-order valence-corrected chi connectivity index (χ2v) is 10.3. The first-order valence-corrected chi connectivity index (χ1v) is 12.3. The van der Waals surface area contributed by atoms with Crippen LogP contribution in [0.15, 0.2) is 12.7 Å². The summed E-state index contributed by atoms with van der Waals surface area (Å²) in [7, 11) is -16.7. The Morgan fingerprint density at radius 3 is 2.42 bits per heavy atom. The zero-order valence-electron chi connectivity index (χ0n) is 14.8. The standard InChI is InChI=1S/C10H14N5O13P3/c11-8-5-9(13-2-12-8)15(3-14-5)10-7(17)6(16)4(26-10)1-25-30(21,22)28-31(23,24)27-29(18,19)20/h2-4,6,10,16H,1H2,(H,21,22)(H,23,24)(H2,11,12,13)(H2,18,19,20)/t4-,6-,10-/m1/s1. The smallest absolute Gasteiger partial charge is 0.382 e. The predicted octanol–water partition coefficient (Wildman–Crippen LogP) is -1.42. The van der Waals surface area contributed by atoms with Gasteiger partial charge in [0.15, 0.2) is 17.7 Å². The third kappa shape index (κ3) is 5.59. The maximum atomic E-state index is 12.3. The van der Waals surface area contributed by atoms with Crippen LogP contribution in [-0.2, 0) is 36.4 Å². The van der Waals surface area contributed by atoms with Crippen molar-refractivity contribution >= 4 is 46.2 Å². The van der Waals surface area contributed by atoms with Crippen molar-refractivity contribution in [2.24, 2.45) is 0 Å². The molecule has 7 N–H and O–H groups in total. The number of nitrogens with two attached hydrogens (primary N) is 1. The topological polar surface area (TPSA) is 276 Å². The van der Waals surface area contributed by atoms with Crippen LogP contribution < -0.4 is 5.73 Å². The molecule has 3 heterocycles. The van der Waals surface area contributed by atoms with Crippen LogP contribution in [0.1, 0.15) is 6.23 Å². The van der Waals surface area contributed by atoms with Gasteiger partial charge < -0.3 is 35.2 Å². The number of aliphatic hydroxyl groups is 1. The lowest BCUT2D eigenvalue weighted by Gasteiger charge is -2.18. The SMILES string of the molecule is Nc1ncnc2c1ncn2[C@@H]1O[C@H](COP(=O)(O)OP(=O)(O)OP(=O)(O)O)[C@@H](O)C1=O. The number of hydrogen-bond acceptors (Lipinski definition) is 13. The van der Waals surface area contributed by atoms with Crippen molar-refractivity contribution in [3.05, 3.63) is 12.7 Å². The number of aliphatic hydroxyl groups excluding tert-OH is 1. The van der Waals surface area contributed by atoms with E-state index in [0.717, 1.165) is 17.2 Å². The molecule has 0 saturated carbocycles. The molecule has 0 bridgehead atoms. The van der Waals surface area contributed by atoms with E-state index in [-0.39, 0.29) is 17.0 Å². The second kappa shape index (κ2) is 8.37. The third-order valence-electron chi connectivity index (χ3n) is 3.65. The van der Waals surface area contributed by atoms with Crippen LogP contribution in [0.2, 0.25) is 0 Å². The van der Waals surface area contributed by atoms with E-state index in [1.54, 1.807) is 0 Å². The van der Waals surface area contributed by atoms with Gasteiger partial charge in [-0.3, -0.25) is 13.9 Å². The molecule has 0 aromatic carbocycles. The first-order chi connectivity index (χ1) is 14.2. The molecule has 172 valence electrons. The van der Waals surface area contributed by atoms with Gasteiger partial charge in [-0.05, 0) is 0 Å². The summed E-state index contributed by atoms with van der Waals surface area (Å²) in [6, 6.07) is 0. The van der Waals surface area contributed by atoms with Crippen LogP contribution in [0.25, 0.3) is 11.2 Å². The molecular formula is C10H14N5O13P3. The number of carbonyl (C=O) groups is 1. The Bertz CT molecular complexity index is 1150. The molecule has 0 aliphatic carbocycles. The highest BCUT2D eigenvalue weighted by Gasteiger charge is 2.46. The highest BCUT2D eigenvalue weighted by Crippen LogP contribution is 2.66. The fourth-order valence-electron chi connectivity index (χ4n) is 2.48. The lowest BCUT2D eigenvalue weighted by atomic mass is 10.2. The number of phosphoric ester groups is 1. The van der Waals surface area contributed by atoms with E-state index in [1.807, 2.05) is 0 Å². The van der Waals surface area contributed by atoms with Crippen molar-refractivity contribution in [2.75, 3.05) is 12.3 Å². The van der Waals surface area contributed by atoms with E-state index in [1.165, 1.54) is 0 Å². The molecule has 0 amide bonds. The molecule has 2 unspecified atom stereocenters. The van der Waals surface area contributed by atoms with Gasteiger partial charge in [-0.2, -0.15) is 8.62 Å². The highest BCUT2D eigenvalue weighted by atomic mass is 31.3. The fraction of sp³-hybridized carbons (Fsp3) is 0.400. The molecule has 3 rings (SSSR count). The molecule has 0 radical (unpaired) electrons. The number of rotatable bonds is 8. The van der Waals surface area contributed by atoms with E-state index >= 15 is 0 Å². The van der Waals surface area contributed by atoms with Crippen LogP contribution in [-0.4, -0.2) is 68.8 Å². The number of nitrogen functional groups attached to an aromatic ring is 1. The second-order valence-electron chi connectivity index (χ2n) is 5.84. The number of imidazole rings is 1. The average Bonchev–Trinajstić information content (AvgIpc) is 3.13. The summed E-state index contributed by atoms with van der Waals surface area (Å²) in [6.07, 6.45) is -2.68. The summed E-state index contributed by atoms with van der Waals surface area (Å²) in [5.74, 6) is -0.893. The van der Waals surface area contributed by atoms with Crippen molar-refractivity contribution in [1.29, 1.82) is 0 Å². The summed E-state index contributed by atoms with van der Waals surface area (Å²) < 4.78 is 51.6. The summed E-state index contributed by atoms with van der Waals surface area (Å²) >= 11 is 0. The quantitative estimate of drug-likeness (QED) is 0.224. The van der Waals surface area contributed by atoms with E-state index in [0.29, 0.717) is 0 Å². The number of phosphoric acid groups is 3. The molecule has 2 aromatic heterocycles. The van der Waals surface area contributed by atoms with Gasteiger partial charge >= 0.3 is 23.5 Å². The number of aromatic nitrogens is 4. The normalized spacial score (nSPS) is 26.1. The van der Waals surface area contributed by atoms with Gasteiger partial charge in [0.05, 0.1) is 12.9 Å². The minimum atomic E-state index is -5.72. The van der Waals surface area contributed by atoms with Gasteiger partial charge in [0, 0.05) is 0 Å². The van der Waals surface area contributed by atoms with Crippen molar-refractivity contribution < 1.29 is 61.1 Å². The molecule has 31 heavy (non-hydrogen) atoms. The van der Waals surface area contributed by atoms with Crippen LogP contribution in [0, 0.1) is 0 Å². The van der Waals surface area contributed by atoms with Gasteiger partial charge in [-0.15, -0.1) is 0 Å². The van der Waals surface area contributed by atoms with Gasteiger partial charge in [-0.1, -0.05) is 0 Å². The lowest BCUT2D eigenvalue weighted by Crippen LogP contribution is -2.30. The summed E-state index contributed by atoms with van der Waals surface area (Å²) in [4.78, 5) is 59.4. The number of Topliss-reactive ketones (excluding diaryl/α,β-unsaturated/α-hetero) is 1. The van der Waals surface area contributed by atoms with Gasteiger partial charge in [0.25, 0.3) is 0 Å². The number of carbonyl (C=O) groups excluding carboxylic acids is 1. The summed E-state index contributed by atoms with van der Waals surface area (Å²) in [6.45, 7) is -1.02. The number of fused-ring (bicyclic) bond motifs is 1. The Balaban J connectivity index is 1.70. The molecular weight excluding hydrogens is 491 g/mol. The molecule has 2 aromatic rings. The molecule has 18 nitrogen and oxygen atoms in total. The van der Waals surface area contributed by atoms with E-state index in [9.17, 15) is 28.5 Å². The van der Waals surface area contributed by atoms with Gasteiger partial charge in [-0.25, -0.2) is 28.6 Å². The Hall–Kier alpha value is -1.65. The number of anilines is 1. The Kier molecular flexibility index (Phi) is 6.48. The highest BCUT2D eigenvalue weighted by molar-refractivity contribution is 7.66. The first-order valence-electron chi connectivity index (χ1n) is 7.78. The fourth-order valence-corrected chi connectivity index (χ4v) is 5.51. The Morgan fingerprint density at radius 1 is 1.10 bits per heavy atom. The van der Waals surface area contributed by atoms with Crippen LogP contribution in [0.5, 0.6) is 0 Å². The number of ether oxygens (including phenoxy) is 1. The maximum absolute atomic E-state index is 12.3. The third-order valence-corrected chi connectivity index (χ3v) is 7.45. The van der Waals surface area contributed by atoms with E-state index in [2.05, 4.69) is 28.1 Å². The Morgan fingerprint density at radius 2 is 1.77 bits per heavy atom. The lowest BCUT2D eigenvalue weighted by molar-refractivity contribution is -0.130. The zero-order valence-corrected chi connectivity index (χ0v) is 17.5. The van der Waals surface area contributed by atoms with Crippen LogP contribution in [0.3, 0.4) is 0 Å². The molecule has 5 atom stereocenters. The van der Waals surface area contributed by atoms with Crippen molar-refractivity contribution in [1.82, 2.24) is 19.5 Å². The van der Waals surface area contributed by atoms with Gasteiger partial charge in [0.1, 0.15) is 24.1 Å². The average molecular weight is 505 g/mol. The minimum absolute atomic E-state index is 0.0129. The van der Waals surface area contributed by atoms with Crippen molar-refractivity contribution in [3.8, 4) is 0 Å². The first kappa shape index (κ1) is 24.0. The molecule has 1 aliphatic heterocycles.